The van der Waals surface area contributed by atoms with Crippen LogP contribution in [0.1, 0.15) is 38.7 Å². The number of nitrogens with one attached hydrogen (secondary N) is 1. The van der Waals surface area contributed by atoms with E-state index in [2.05, 4.69) is 37.2 Å². The van der Waals surface area contributed by atoms with Gasteiger partial charge in [0.25, 0.3) is 0 Å². The lowest BCUT2D eigenvalue weighted by Gasteiger charge is -2.24. The van der Waals surface area contributed by atoms with E-state index in [0.29, 0.717) is 0 Å². The zero-order chi connectivity index (χ0) is 13.4. The Balaban J connectivity index is 2.79. The molecule has 1 N–H and O–H groups in total. The lowest BCUT2D eigenvalue weighted by molar-refractivity contribution is 0.672. The maximum absolute atomic E-state index is 6.35. The minimum Gasteiger partial charge on any atom is -0.373 e. The molecule has 102 valence electrons. The molecule has 1 aromatic rings. The van der Waals surface area contributed by atoms with Crippen molar-refractivity contribution in [3.63, 3.8) is 0 Å². The fraction of sp³-hybridized carbons (Fsp3) is 0.600. The number of rotatable bonds is 8. The Morgan fingerprint density at radius 3 is 2.67 bits per heavy atom. The van der Waals surface area contributed by atoms with Crippen LogP contribution in [-0.4, -0.2) is 20.1 Å². The van der Waals surface area contributed by atoms with Gasteiger partial charge < -0.3 is 10.2 Å². The standard InChI is InChI=1S/C15H25ClN2/c1-4-6-11-18(3)15-13(12-17-10-5-2)8-7-9-14(15)16/h7-9,17H,4-6,10-12H2,1-3H3. The van der Waals surface area contributed by atoms with Crippen LogP contribution in [0, 0.1) is 0 Å². The molecule has 0 unspecified atom stereocenters. The summed E-state index contributed by atoms with van der Waals surface area (Å²) in [6.45, 7) is 7.38. The molecule has 0 saturated heterocycles. The predicted molar refractivity (Wildman–Crippen MR) is 81.6 cm³/mol. The number of benzene rings is 1. The summed E-state index contributed by atoms with van der Waals surface area (Å²) in [5.74, 6) is 0. The molecule has 0 radical (unpaired) electrons. The molecule has 1 aromatic carbocycles. The van der Waals surface area contributed by atoms with E-state index in [9.17, 15) is 0 Å². The normalized spacial score (nSPS) is 10.7. The van der Waals surface area contributed by atoms with Gasteiger partial charge in [0.15, 0.2) is 0 Å². The van der Waals surface area contributed by atoms with E-state index in [-0.39, 0.29) is 0 Å². The fourth-order valence-corrected chi connectivity index (χ4v) is 2.38. The largest absolute Gasteiger partial charge is 0.373 e. The highest BCUT2D eigenvalue weighted by Crippen LogP contribution is 2.29. The smallest absolute Gasteiger partial charge is 0.0642 e. The number of nitrogens with zero attached hydrogens (tertiary/aromatic N) is 1. The van der Waals surface area contributed by atoms with Crippen LogP contribution in [0.5, 0.6) is 0 Å². The summed E-state index contributed by atoms with van der Waals surface area (Å²) in [6.07, 6.45) is 3.56. The third-order valence-corrected chi connectivity index (χ3v) is 3.35. The number of unbranched alkanes of at least 4 members (excludes halogenated alkanes) is 1. The van der Waals surface area contributed by atoms with E-state index in [1.165, 1.54) is 24.1 Å². The van der Waals surface area contributed by atoms with E-state index >= 15 is 0 Å². The fourth-order valence-electron chi connectivity index (χ4n) is 2.04. The molecular weight excluding hydrogens is 244 g/mol. The van der Waals surface area contributed by atoms with E-state index in [1.807, 2.05) is 12.1 Å². The lowest BCUT2D eigenvalue weighted by Crippen LogP contribution is -2.22. The van der Waals surface area contributed by atoms with Gasteiger partial charge in [0.1, 0.15) is 0 Å². The zero-order valence-corrected chi connectivity index (χ0v) is 12.6. The Bertz CT molecular complexity index is 352. The maximum Gasteiger partial charge on any atom is 0.0642 e. The molecule has 0 saturated carbocycles. The van der Waals surface area contributed by atoms with Crippen LogP contribution in [-0.2, 0) is 6.54 Å². The summed E-state index contributed by atoms with van der Waals surface area (Å²) in [6, 6.07) is 6.16. The molecule has 0 aromatic heterocycles. The second-order valence-corrected chi connectivity index (χ2v) is 5.11. The molecule has 0 atom stereocenters. The summed E-state index contributed by atoms with van der Waals surface area (Å²) >= 11 is 6.35. The molecule has 0 spiro atoms. The molecular formula is C15H25ClN2. The van der Waals surface area contributed by atoms with Gasteiger partial charge in [0.2, 0.25) is 0 Å². The Hall–Kier alpha value is -0.730. The van der Waals surface area contributed by atoms with Crippen LogP contribution in [0.3, 0.4) is 0 Å². The first-order valence-corrected chi connectivity index (χ1v) is 7.27. The Kier molecular flexibility index (Phi) is 7.14. The SMILES string of the molecule is CCCCN(C)c1c(Cl)cccc1CNCCC. The third-order valence-electron chi connectivity index (χ3n) is 3.04. The molecule has 0 bridgehead atoms. The van der Waals surface area contributed by atoms with Crippen molar-refractivity contribution >= 4 is 17.3 Å². The Labute approximate surface area is 116 Å². The number of anilines is 1. The van der Waals surface area contributed by atoms with Gasteiger partial charge in [-0.15, -0.1) is 0 Å². The molecule has 3 heteroatoms. The number of hydrogen-bond donors (Lipinski definition) is 1. The summed E-state index contributed by atoms with van der Waals surface area (Å²) in [7, 11) is 2.13. The van der Waals surface area contributed by atoms with Crippen molar-refractivity contribution in [3.8, 4) is 0 Å². The minimum atomic E-state index is 0.851. The van der Waals surface area contributed by atoms with Gasteiger partial charge in [-0.25, -0.2) is 0 Å². The Morgan fingerprint density at radius 1 is 1.22 bits per heavy atom. The van der Waals surface area contributed by atoms with E-state index in [0.717, 1.165) is 31.1 Å². The first-order chi connectivity index (χ1) is 8.70. The quantitative estimate of drug-likeness (QED) is 0.715. The lowest BCUT2D eigenvalue weighted by atomic mass is 10.1. The number of halogens is 1. The van der Waals surface area contributed by atoms with Gasteiger partial charge in [0.05, 0.1) is 10.7 Å². The van der Waals surface area contributed by atoms with Gasteiger partial charge in [0, 0.05) is 20.1 Å². The highest BCUT2D eigenvalue weighted by atomic mass is 35.5. The molecule has 1 rings (SSSR count). The number of para-hydroxylation sites is 1. The second kappa shape index (κ2) is 8.39. The summed E-state index contributed by atoms with van der Waals surface area (Å²) in [4.78, 5) is 2.27. The molecule has 2 nitrogen and oxygen atoms in total. The van der Waals surface area contributed by atoms with Gasteiger partial charge in [-0.3, -0.25) is 0 Å². The van der Waals surface area contributed by atoms with Crippen molar-refractivity contribution in [3.05, 3.63) is 28.8 Å². The third kappa shape index (κ3) is 4.51. The van der Waals surface area contributed by atoms with Crippen LogP contribution in [0.4, 0.5) is 5.69 Å². The minimum absolute atomic E-state index is 0.851. The highest BCUT2D eigenvalue weighted by Gasteiger charge is 2.10. The maximum atomic E-state index is 6.35. The second-order valence-electron chi connectivity index (χ2n) is 4.70. The number of hydrogen-bond acceptors (Lipinski definition) is 2. The van der Waals surface area contributed by atoms with Crippen molar-refractivity contribution < 1.29 is 0 Å². The van der Waals surface area contributed by atoms with Crippen molar-refractivity contribution in [2.75, 3.05) is 25.0 Å². The van der Waals surface area contributed by atoms with Crippen molar-refractivity contribution in [2.24, 2.45) is 0 Å². The first kappa shape index (κ1) is 15.3. The average molecular weight is 269 g/mol. The summed E-state index contributed by atoms with van der Waals surface area (Å²) < 4.78 is 0. The zero-order valence-electron chi connectivity index (χ0n) is 11.8. The van der Waals surface area contributed by atoms with Crippen LogP contribution in [0.2, 0.25) is 5.02 Å². The summed E-state index contributed by atoms with van der Waals surface area (Å²) in [5, 5.41) is 4.30. The van der Waals surface area contributed by atoms with E-state index in [4.69, 9.17) is 11.6 Å². The summed E-state index contributed by atoms with van der Waals surface area (Å²) in [5.41, 5.74) is 2.46. The molecule has 0 aliphatic rings. The Morgan fingerprint density at radius 2 is 2.00 bits per heavy atom. The van der Waals surface area contributed by atoms with E-state index < -0.39 is 0 Å². The first-order valence-electron chi connectivity index (χ1n) is 6.89. The van der Waals surface area contributed by atoms with Crippen molar-refractivity contribution in [1.82, 2.24) is 5.32 Å². The van der Waals surface area contributed by atoms with Crippen LogP contribution >= 0.6 is 11.6 Å². The van der Waals surface area contributed by atoms with Gasteiger partial charge >= 0.3 is 0 Å². The van der Waals surface area contributed by atoms with Gasteiger partial charge in [-0.1, -0.05) is 44.0 Å². The van der Waals surface area contributed by atoms with Gasteiger partial charge in [-0.05, 0) is 31.0 Å². The molecule has 0 fully saturated rings. The average Bonchev–Trinajstić information content (AvgIpc) is 2.36. The molecule has 0 aliphatic carbocycles. The van der Waals surface area contributed by atoms with Crippen LogP contribution in [0.25, 0.3) is 0 Å². The van der Waals surface area contributed by atoms with E-state index in [1.54, 1.807) is 0 Å². The topological polar surface area (TPSA) is 15.3 Å². The molecule has 0 amide bonds. The van der Waals surface area contributed by atoms with Crippen LogP contribution in [0.15, 0.2) is 18.2 Å². The monoisotopic (exact) mass is 268 g/mol. The van der Waals surface area contributed by atoms with Gasteiger partial charge in [-0.2, -0.15) is 0 Å². The molecule has 18 heavy (non-hydrogen) atoms. The van der Waals surface area contributed by atoms with Crippen molar-refractivity contribution in [1.29, 1.82) is 0 Å². The predicted octanol–water partition coefficient (Wildman–Crippen LogP) is 4.08. The molecule has 0 aliphatic heterocycles. The highest BCUT2D eigenvalue weighted by molar-refractivity contribution is 6.33. The van der Waals surface area contributed by atoms with Crippen LogP contribution < -0.4 is 10.2 Å². The molecule has 0 heterocycles. The van der Waals surface area contributed by atoms with Crippen molar-refractivity contribution in [2.45, 2.75) is 39.7 Å².